The minimum absolute atomic E-state index is 0.0419. The van der Waals surface area contributed by atoms with Gasteiger partial charge in [-0.25, -0.2) is 0 Å². The molecule has 6 nitrogen and oxygen atoms in total. The lowest BCUT2D eigenvalue weighted by atomic mass is 9.80. The van der Waals surface area contributed by atoms with Crippen LogP contribution in [-0.4, -0.2) is 46.1 Å². The Morgan fingerprint density at radius 3 is 2.60 bits per heavy atom. The van der Waals surface area contributed by atoms with E-state index in [0.29, 0.717) is 25.3 Å². The van der Waals surface area contributed by atoms with E-state index in [-0.39, 0.29) is 17.2 Å². The summed E-state index contributed by atoms with van der Waals surface area (Å²) in [4.78, 5) is 27.3. The number of aryl methyl sites for hydroxylation is 1. The second kappa shape index (κ2) is 7.18. The van der Waals surface area contributed by atoms with Crippen LogP contribution >= 0.6 is 0 Å². The Morgan fingerprint density at radius 2 is 2.04 bits per heavy atom. The zero-order chi connectivity index (χ0) is 18.8. The standard InChI is InChI=1S/C19H32N4O2/c1-7-10-20-17(25)19(5)9-8-11-23(13-19)16(24)14-12-15(18(2,3)4)21-22(14)6/h12H,7-11,13H2,1-6H3,(H,20,25). The van der Waals surface area contributed by atoms with Crippen LogP contribution in [-0.2, 0) is 17.3 Å². The number of amides is 2. The first kappa shape index (κ1) is 19.5. The molecule has 0 aliphatic carbocycles. The molecule has 2 amide bonds. The predicted molar refractivity (Wildman–Crippen MR) is 98.5 cm³/mol. The van der Waals surface area contributed by atoms with Crippen molar-refractivity contribution in [3.63, 3.8) is 0 Å². The molecule has 0 radical (unpaired) electrons. The number of nitrogens with one attached hydrogen (secondary N) is 1. The second-order valence-electron chi connectivity index (χ2n) is 8.44. The van der Waals surface area contributed by atoms with Gasteiger partial charge in [-0.05, 0) is 32.3 Å². The molecular formula is C19H32N4O2. The quantitative estimate of drug-likeness (QED) is 0.909. The van der Waals surface area contributed by atoms with Gasteiger partial charge >= 0.3 is 0 Å². The fourth-order valence-corrected chi connectivity index (χ4v) is 3.25. The second-order valence-corrected chi connectivity index (χ2v) is 8.44. The van der Waals surface area contributed by atoms with Crippen molar-refractivity contribution in [2.45, 2.75) is 59.3 Å². The molecule has 0 bridgehead atoms. The number of rotatable bonds is 4. The van der Waals surface area contributed by atoms with Gasteiger partial charge in [0, 0.05) is 32.1 Å². The van der Waals surface area contributed by atoms with Gasteiger partial charge < -0.3 is 10.2 Å². The molecule has 1 N–H and O–H groups in total. The largest absolute Gasteiger partial charge is 0.356 e. The summed E-state index contributed by atoms with van der Waals surface area (Å²) in [6, 6.07) is 1.88. The van der Waals surface area contributed by atoms with Gasteiger partial charge in [-0.3, -0.25) is 14.3 Å². The predicted octanol–water partition coefficient (Wildman–Crippen LogP) is 2.49. The van der Waals surface area contributed by atoms with Gasteiger partial charge in [0.1, 0.15) is 5.69 Å². The van der Waals surface area contributed by atoms with Crippen molar-refractivity contribution < 1.29 is 9.59 Å². The summed E-state index contributed by atoms with van der Waals surface area (Å²) < 4.78 is 1.66. The maximum absolute atomic E-state index is 13.0. The van der Waals surface area contributed by atoms with Gasteiger partial charge in [-0.15, -0.1) is 0 Å². The SMILES string of the molecule is CCCNC(=O)C1(C)CCCN(C(=O)c2cc(C(C)(C)C)nn2C)C1. The zero-order valence-electron chi connectivity index (χ0n) is 16.5. The van der Waals surface area contributed by atoms with Crippen LogP contribution in [0.2, 0.25) is 0 Å². The van der Waals surface area contributed by atoms with E-state index >= 15 is 0 Å². The molecular weight excluding hydrogens is 316 g/mol. The summed E-state index contributed by atoms with van der Waals surface area (Å²) in [5, 5.41) is 7.48. The van der Waals surface area contributed by atoms with Crippen LogP contribution < -0.4 is 5.32 Å². The molecule has 2 heterocycles. The lowest BCUT2D eigenvalue weighted by Crippen LogP contribution is -2.52. The van der Waals surface area contributed by atoms with E-state index in [9.17, 15) is 9.59 Å². The normalized spacial score (nSPS) is 21.3. The van der Waals surface area contributed by atoms with Gasteiger partial charge in [0.15, 0.2) is 0 Å². The lowest BCUT2D eigenvalue weighted by Gasteiger charge is -2.39. The summed E-state index contributed by atoms with van der Waals surface area (Å²) in [6.07, 6.45) is 2.56. The first-order valence-corrected chi connectivity index (χ1v) is 9.20. The summed E-state index contributed by atoms with van der Waals surface area (Å²) in [5.74, 6) is 0.00644. The van der Waals surface area contributed by atoms with E-state index in [2.05, 4.69) is 31.2 Å². The van der Waals surface area contributed by atoms with Crippen LogP contribution in [0, 0.1) is 5.41 Å². The number of nitrogens with zero attached hydrogens (tertiary/aromatic N) is 3. The summed E-state index contributed by atoms with van der Waals surface area (Å²) >= 11 is 0. The van der Waals surface area contributed by atoms with E-state index in [1.54, 1.807) is 16.6 Å². The molecule has 1 atom stereocenters. The van der Waals surface area contributed by atoms with Crippen LogP contribution in [0.1, 0.15) is 70.1 Å². The Morgan fingerprint density at radius 1 is 1.36 bits per heavy atom. The Hall–Kier alpha value is -1.85. The Balaban J connectivity index is 2.17. The van der Waals surface area contributed by atoms with Crippen LogP contribution in [0.3, 0.4) is 0 Å². The number of piperidine rings is 1. The van der Waals surface area contributed by atoms with Crippen molar-refractivity contribution in [1.82, 2.24) is 20.0 Å². The lowest BCUT2D eigenvalue weighted by molar-refractivity contribution is -0.132. The fourth-order valence-electron chi connectivity index (χ4n) is 3.25. The third kappa shape index (κ3) is 4.22. The van der Waals surface area contributed by atoms with Crippen LogP contribution in [0.15, 0.2) is 6.07 Å². The monoisotopic (exact) mass is 348 g/mol. The van der Waals surface area contributed by atoms with Crippen LogP contribution in [0.25, 0.3) is 0 Å². The molecule has 1 aromatic rings. The van der Waals surface area contributed by atoms with Crippen molar-refractivity contribution in [1.29, 1.82) is 0 Å². The minimum Gasteiger partial charge on any atom is -0.356 e. The van der Waals surface area contributed by atoms with E-state index in [0.717, 1.165) is 25.0 Å². The summed E-state index contributed by atoms with van der Waals surface area (Å²) in [6.45, 7) is 12.1. The molecule has 1 fully saturated rings. The molecule has 1 unspecified atom stereocenters. The average Bonchev–Trinajstić information content (AvgIpc) is 2.94. The third-order valence-electron chi connectivity index (χ3n) is 4.93. The van der Waals surface area contributed by atoms with Crippen LogP contribution in [0.4, 0.5) is 0 Å². The molecule has 25 heavy (non-hydrogen) atoms. The van der Waals surface area contributed by atoms with Gasteiger partial charge in [-0.2, -0.15) is 5.10 Å². The molecule has 6 heteroatoms. The minimum atomic E-state index is -0.519. The van der Waals surface area contributed by atoms with Crippen molar-refractivity contribution in [3.05, 3.63) is 17.5 Å². The number of hydrogen-bond donors (Lipinski definition) is 1. The highest BCUT2D eigenvalue weighted by atomic mass is 16.2. The number of hydrogen-bond acceptors (Lipinski definition) is 3. The molecule has 1 saturated heterocycles. The molecule has 0 aromatic carbocycles. The first-order chi connectivity index (χ1) is 11.6. The van der Waals surface area contributed by atoms with Gasteiger partial charge in [0.05, 0.1) is 11.1 Å². The van der Waals surface area contributed by atoms with Gasteiger partial charge in [-0.1, -0.05) is 27.7 Å². The molecule has 2 rings (SSSR count). The highest BCUT2D eigenvalue weighted by molar-refractivity contribution is 5.93. The summed E-state index contributed by atoms with van der Waals surface area (Å²) in [7, 11) is 1.81. The topological polar surface area (TPSA) is 67.2 Å². The summed E-state index contributed by atoms with van der Waals surface area (Å²) in [5.41, 5.74) is 0.864. The van der Waals surface area contributed by atoms with E-state index in [1.807, 2.05) is 19.9 Å². The Labute approximate surface area is 151 Å². The number of likely N-dealkylation sites (tertiary alicyclic amines) is 1. The third-order valence-corrected chi connectivity index (χ3v) is 4.93. The zero-order valence-corrected chi connectivity index (χ0v) is 16.5. The molecule has 1 aromatic heterocycles. The van der Waals surface area contributed by atoms with Gasteiger partial charge in [0.25, 0.3) is 5.91 Å². The number of aromatic nitrogens is 2. The van der Waals surface area contributed by atoms with E-state index in [1.165, 1.54) is 0 Å². The van der Waals surface area contributed by atoms with Crippen molar-refractivity contribution >= 4 is 11.8 Å². The molecule has 1 aliphatic rings. The first-order valence-electron chi connectivity index (χ1n) is 9.20. The Bertz CT molecular complexity index is 644. The van der Waals surface area contributed by atoms with Crippen molar-refractivity contribution in [2.24, 2.45) is 12.5 Å². The van der Waals surface area contributed by atoms with Gasteiger partial charge in [0.2, 0.25) is 5.91 Å². The average molecular weight is 348 g/mol. The van der Waals surface area contributed by atoms with Crippen LogP contribution in [0.5, 0.6) is 0 Å². The smallest absolute Gasteiger partial charge is 0.272 e. The number of carbonyl (C=O) groups is 2. The van der Waals surface area contributed by atoms with E-state index in [4.69, 9.17) is 0 Å². The maximum Gasteiger partial charge on any atom is 0.272 e. The molecule has 140 valence electrons. The number of carbonyl (C=O) groups excluding carboxylic acids is 2. The molecule has 0 saturated carbocycles. The van der Waals surface area contributed by atoms with Crippen molar-refractivity contribution in [3.8, 4) is 0 Å². The van der Waals surface area contributed by atoms with E-state index < -0.39 is 5.41 Å². The highest BCUT2D eigenvalue weighted by Crippen LogP contribution is 2.31. The maximum atomic E-state index is 13.0. The Kier molecular flexibility index (Phi) is 5.59. The molecule has 0 spiro atoms. The van der Waals surface area contributed by atoms with Crippen molar-refractivity contribution in [2.75, 3.05) is 19.6 Å². The highest BCUT2D eigenvalue weighted by Gasteiger charge is 2.40. The molecule has 1 aliphatic heterocycles. The fraction of sp³-hybridized carbons (Fsp3) is 0.737.